The molecule has 1 saturated heterocycles. The SMILES string of the molecule is C=C(Nc1ccccc1NC(=O)C1CCN(Cc2ccc(O)c(O)c2)CC1)c1ccc(OC)cc1. The number of phenols is 2. The first kappa shape index (κ1) is 24.2. The van der Waals surface area contributed by atoms with Crippen molar-refractivity contribution in [3.63, 3.8) is 0 Å². The molecule has 0 unspecified atom stereocenters. The molecule has 0 radical (unpaired) electrons. The highest BCUT2D eigenvalue weighted by Gasteiger charge is 2.25. The third-order valence-electron chi connectivity index (χ3n) is 6.31. The topological polar surface area (TPSA) is 94.1 Å². The number of rotatable bonds is 8. The van der Waals surface area contributed by atoms with Crippen molar-refractivity contribution in [3.05, 3.63) is 84.4 Å². The van der Waals surface area contributed by atoms with Gasteiger partial charge < -0.3 is 25.6 Å². The molecule has 7 heteroatoms. The van der Waals surface area contributed by atoms with Gasteiger partial charge in [0.15, 0.2) is 11.5 Å². The summed E-state index contributed by atoms with van der Waals surface area (Å²) in [5.41, 5.74) is 4.09. The Morgan fingerprint density at radius 2 is 1.63 bits per heavy atom. The molecule has 0 aromatic heterocycles. The van der Waals surface area contributed by atoms with Crippen LogP contribution in [-0.2, 0) is 11.3 Å². The van der Waals surface area contributed by atoms with Crippen molar-refractivity contribution in [2.45, 2.75) is 19.4 Å². The molecule has 0 saturated carbocycles. The summed E-state index contributed by atoms with van der Waals surface area (Å²) in [5.74, 6) is 0.486. The van der Waals surface area contributed by atoms with Gasteiger partial charge in [-0.15, -0.1) is 0 Å². The summed E-state index contributed by atoms with van der Waals surface area (Å²) in [5, 5.41) is 25.6. The van der Waals surface area contributed by atoms with Gasteiger partial charge in [0, 0.05) is 18.2 Å². The van der Waals surface area contributed by atoms with Gasteiger partial charge in [0.1, 0.15) is 5.75 Å². The van der Waals surface area contributed by atoms with Crippen LogP contribution in [0.25, 0.3) is 5.70 Å². The van der Waals surface area contributed by atoms with Crippen molar-refractivity contribution in [3.8, 4) is 17.2 Å². The van der Waals surface area contributed by atoms with Crippen molar-refractivity contribution in [2.24, 2.45) is 5.92 Å². The number of ether oxygens (including phenoxy) is 1. The van der Waals surface area contributed by atoms with Crippen LogP contribution in [0.3, 0.4) is 0 Å². The van der Waals surface area contributed by atoms with Gasteiger partial charge in [0.05, 0.1) is 18.5 Å². The van der Waals surface area contributed by atoms with Crippen LogP contribution in [0.1, 0.15) is 24.0 Å². The molecular formula is C28H31N3O4. The van der Waals surface area contributed by atoms with E-state index >= 15 is 0 Å². The molecule has 3 aromatic rings. The van der Waals surface area contributed by atoms with E-state index in [1.54, 1.807) is 19.2 Å². The minimum absolute atomic E-state index is 0.0104. The number of hydrogen-bond acceptors (Lipinski definition) is 6. The number of methoxy groups -OCH3 is 1. The van der Waals surface area contributed by atoms with Crippen molar-refractivity contribution in [1.82, 2.24) is 4.90 Å². The van der Waals surface area contributed by atoms with Crippen LogP contribution in [-0.4, -0.2) is 41.2 Å². The van der Waals surface area contributed by atoms with Crippen molar-refractivity contribution >= 4 is 23.0 Å². The van der Waals surface area contributed by atoms with E-state index in [1.807, 2.05) is 48.5 Å². The van der Waals surface area contributed by atoms with E-state index in [0.29, 0.717) is 12.2 Å². The maximum absolute atomic E-state index is 13.0. The maximum Gasteiger partial charge on any atom is 0.227 e. The zero-order valence-corrected chi connectivity index (χ0v) is 19.8. The van der Waals surface area contributed by atoms with Crippen LogP contribution in [0, 0.1) is 5.92 Å². The number of carbonyl (C=O) groups is 1. The highest BCUT2D eigenvalue weighted by atomic mass is 16.5. The molecule has 0 atom stereocenters. The van der Waals surface area contributed by atoms with Gasteiger partial charge in [0.2, 0.25) is 5.91 Å². The number of carbonyl (C=O) groups excluding carboxylic acids is 1. The molecule has 4 rings (SSSR count). The van der Waals surface area contributed by atoms with E-state index in [2.05, 4.69) is 22.1 Å². The van der Waals surface area contributed by atoms with E-state index in [4.69, 9.17) is 4.74 Å². The number of para-hydroxylation sites is 2. The number of piperidine rings is 1. The van der Waals surface area contributed by atoms with Crippen LogP contribution in [0.5, 0.6) is 17.2 Å². The average molecular weight is 474 g/mol. The number of benzene rings is 3. The third kappa shape index (κ3) is 6.13. The minimum Gasteiger partial charge on any atom is -0.504 e. The van der Waals surface area contributed by atoms with Crippen molar-refractivity contribution in [1.29, 1.82) is 0 Å². The average Bonchev–Trinajstić information content (AvgIpc) is 2.88. The Morgan fingerprint density at radius 1 is 0.971 bits per heavy atom. The van der Waals surface area contributed by atoms with E-state index < -0.39 is 0 Å². The van der Waals surface area contributed by atoms with Crippen LogP contribution >= 0.6 is 0 Å². The maximum atomic E-state index is 13.0. The Morgan fingerprint density at radius 3 is 2.26 bits per heavy atom. The monoisotopic (exact) mass is 473 g/mol. The first-order valence-electron chi connectivity index (χ1n) is 11.7. The molecule has 4 N–H and O–H groups in total. The predicted octanol–water partition coefficient (Wildman–Crippen LogP) is 5.04. The zero-order valence-electron chi connectivity index (χ0n) is 19.8. The Labute approximate surface area is 205 Å². The molecule has 0 bridgehead atoms. The molecule has 0 aliphatic carbocycles. The second kappa shape index (κ2) is 11.0. The van der Waals surface area contributed by atoms with Gasteiger partial charge in [0.25, 0.3) is 0 Å². The summed E-state index contributed by atoms with van der Waals surface area (Å²) < 4.78 is 5.21. The third-order valence-corrected chi connectivity index (χ3v) is 6.31. The zero-order chi connectivity index (χ0) is 24.8. The highest BCUT2D eigenvalue weighted by molar-refractivity contribution is 5.97. The van der Waals surface area contributed by atoms with Crippen molar-refractivity contribution < 1.29 is 19.7 Å². The molecule has 0 spiro atoms. The molecule has 1 amide bonds. The number of phenolic OH excluding ortho intramolecular Hbond substituents is 2. The fourth-order valence-corrected chi connectivity index (χ4v) is 4.24. The van der Waals surface area contributed by atoms with Gasteiger partial charge in [-0.2, -0.15) is 0 Å². The Hall–Kier alpha value is -3.97. The lowest BCUT2D eigenvalue weighted by molar-refractivity contribution is -0.121. The standard InChI is InChI=1S/C28H31N3O4/c1-19(21-8-10-23(35-2)11-9-21)29-24-5-3-4-6-25(24)30-28(34)22-13-15-31(16-14-22)18-20-7-12-26(32)27(33)17-20/h3-12,17,22,29,32-33H,1,13-16,18H2,2H3,(H,30,34). The summed E-state index contributed by atoms with van der Waals surface area (Å²) in [4.78, 5) is 15.3. The number of anilines is 2. The summed E-state index contributed by atoms with van der Waals surface area (Å²) in [6.45, 7) is 6.38. The summed E-state index contributed by atoms with van der Waals surface area (Å²) in [6.07, 6.45) is 1.51. The van der Waals surface area contributed by atoms with Crippen LogP contribution in [0.2, 0.25) is 0 Å². The van der Waals surface area contributed by atoms with Gasteiger partial charge >= 0.3 is 0 Å². The number of aromatic hydroxyl groups is 2. The second-order valence-corrected chi connectivity index (χ2v) is 8.74. The molecule has 3 aromatic carbocycles. The molecule has 1 aliphatic heterocycles. The molecule has 1 fully saturated rings. The summed E-state index contributed by atoms with van der Waals surface area (Å²) >= 11 is 0. The van der Waals surface area contributed by atoms with Gasteiger partial charge in [-0.25, -0.2) is 0 Å². The molecule has 7 nitrogen and oxygen atoms in total. The Balaban J connectivity index is 1.33. The number of nitrogens with one attached hydrogen (secondary N) is 2. The smallest absolute Gasteiger partial charge is 0.227 e. The summed E-state index contributed by atoms with van der Waals surface area (Å²) in [6, 6.07) is 20.1. The van der Waals surface area contributed by atoms with E-state index in [1.165, 1.54) is 6.07 Å². The van der Waals surface area contributed by atoms with Crippen LogP contribution in [0.4, 0.5) is 11.4 Å². The van der Waals surface area contributed by atoms with Crippen LogP contribution < -0.4 is 15.4 Å². The Bertz CT molecular complexity index is 1190. The van der Waals surface area contributed by atoms with E-state index in [-0.39, 0.29) is 23.3 Å². The largest absolute Gasteiger partial charge is 0.504 e. The lowest BCUT2D eigenvalue weighted by Crippen LogP contribution is -2.37. The minimum atomic E-state index is -0.119. The number of nitrogens with zero attached hydrogens (tertiary/aromatic N) is 1. The Kier molecular flexibility index (Phi) is 7.57. The summed E-state index contributed by atoms with van der Waals surface area (Å²) in [7, 11) is 1.63. The number of amides is 1. The molecular weight excluding hydrogens is 442 g/mol. The van der Waals surface area contributed by atoms with Crippen molar-refractivity contribution in [2.75, 3.05) is 30.8 Å². The van der Waals surface area contributed by atoms with Gasteiger partial charge in [-0.05, 0) is 85.6 Å². The number of hydrogen-bond donors (Lipinski definition) is 4. The first-order chi connectivity index (χ1) is 16.9. The first-order valence-corrected chi connectivity index (χ1v) is 11.7. The fourth-order valence-electron chi connectivity index (χ4n) is 4.24. The van der Waals surface area contributed by atoms with Gasteiger partial charge in [-0.1, -0.05) is 24.8 Å². The molecule has 1 aliphatic rings. The highest BCUT2D eigenvalue weighted by Crippen LogP contribution is 2.29. The lowest BCUT2D eigenvalue weighted by Gasteiger charge is -2.31. The predicted molar refractivity (Wildman–Crippen MR) is 138 cm³/mol. The molecule has 182 valence electrons. The van der Waals surface area contributed by atoms with Crippen LogP contribution in [0.15, 0.2) is 73.3 Å². The van der Waals surface area contributed by atoms with E-state index in [0.717, 1.165) is 54.2 Å². The molecule has 35 heavy (non-hydrogen) atoms. The quantitative estimate of drug-likeness (QED) is 0.343. The normalized spacial score (nSPS) is 14.3. The number of likely N-dealkylation sites (tertiary alicyclic amines) is 1. The second-order valence-electron chi connectivity index (χ2n) is 8.74. The molecule has 1 heterocycles. The van der Waals surface area contributed by atoms with Gasteiger partial charge in [-0.3, -0.25) is 9.69 Å². The van der Waals surface area contributed by atoms with E-state index in [9.17, 15) is 15.0 Å². The fraction of sp³-hybridized carbons (Fsp3) is 0.250. The lowest BCUT2D eigenvalue weighted by atomic mass is 9.95.